The van der Waals surface area contributed by atoms with Gasteiger partial charge in [-0.1, -0.05) is 35.9 Å². The van der Waals surface area contributed by atoms with Crippen LogP contribution < -0.4 is 0 Å². The van der Waals surface area contributed by atoms with Gasteiger partial charge in [-0.25, -0.2) is 0 Å². The predicted molar refractivity (Wildman–Crippen MR) is 106 cm³/mol. The largest absolute Gasteiger partial charge is 0.332 e. The van der Waals surface area contributed by atoms with Gasteiger partial charge in [0.25, 0.3) is 0 Å². The standard InChI is InChI=1S/C22H21ClN2O3/c23-17-7-5-16(6-8-17)20(26)9-10-21(27)24-13-19-18-4-2-1-3-15(18)11-12-25(19)22(28)14-24/h1-8,19H,9-14H2. The van der Waals surface area contributed by atoms with E-state index in [9.17, 15) is 14.4 Å². The molecule has 2 aliphatic heterocycles. The van der Waals surface area contributed by atoms with Gasteiger partial charge < -0.3 is 9.80 Å². The van der Waals surface area contributed by atoms with Crippen LogP contribution in [0.4, 0.5) is 0 Å². The van der Waals surface area contributed by atoms with Crippen LogP contribution in [0.1, 0.15) is 40.4 Å². The van der Waals surface area contributed by atoms with Gasteiger partial charge in [-0.05, 0) is 41.8 Å². The highest BCUT2D eigenvalue weighted by Crippen LogP contribution is 2.33. The summed E-state index contributed by atoms with van der Waals surface area (Å²) in [5.74, 6) is -0.278. The van der Waals surface area contributed by atoms with Crippen molar-refractivity contribution in [2.45, 2.75) is 25.3 Å². The molecule has 2 aliphatic rings. The third-order valence-corrected chi connectivity index (χ3v) is 5.79. The Bertz CT molecular complexity index is 926. The summed E-state index contributed by atoms with van der Waals surface area (Å²) in [4.78, 5) is 41.1. The average Bonchev–Trinajstić information content (AvgIpc) is 2.72. The fourth-order valence-corrected chi connectivity index (χ4v) is 4.15. The van der Waals surface area contributed by atoms with E-state index in [0.717, 1.165) is 12.0 Å². The summed E-state index contributed by atoms with van der Waals surface area (Å²) in [6.07, 6.45) is 1.07. The minimum absolute atomic E-state index is 0.0249. The summed E-state index contributed by atoms with van der Waals surface area (Å²) in [6.45, 7) is 1.26. The first kappa shape index (κ1) is 18.7. The summed E-state index contributed by atoms with van der Waals surface area (Å²) < 4.78 is 0. The smallest absolute Gasteiger partial charge is 0.242 e. The fraction of sp³-hybridized carbons (Fsp3) is 0.318. The Balaban J connectivity index is 1.42. The molecule has 0 radical (unpaired) electrons. The number of nitrogens with zero attached hydrogens (tertiary/aromatic N) is 2. The van der Waals surface area contributed by atoms with Gasteiger partial charge in [-0.3, -0.25) is 14.4 Å². The van der Waals surface area contributed by atoms with Crippen LogP contribution in [0.15, 0.2) is 48.5 Å². The van der Waals surface area contributed by atoms with Crippen molar-refractivity contribution in [1.29, 1.82) is 0 Å². The zero-order valence-electron chi connectivity index (χ0n) is 15.4. The normalized spacial score (nSPS) is 18.5. The van der Waals surface area contributed by atoms with E-state index < -0.39 is 0 Å². The number of hydrogen-bond acceptors (Lipinski definition) is 3. The maximum Gasteiger partial charge on any atom is 0.242 e. The van der Waals surface area contributed by atoms with Gasteiger partial charge in [0, 0.05) is 36.5 Å². The molecule has 0 aliphatic carbocycles. The van der Waals surface area contributed by atoms with Crippen molar-refractivity contribution < 1.29 is 14.4 Å². The number of amides is 2. The zero-order valence-corrected chi connectivity index (χ0v) is 16.2. The third-order valence-electron chi connectivity index (χ3n) is 5.54. The Hall–Kier alpha value is -2.66. The van der Waals surface area contributed by atoms with E-state index in [1.54, 1.807) is 29.2 Å². The van der Waals surface area contributed by atoms with Crippen molar-refractivity contribution in [1.82, 2.24) is 9.80 Å². The number of benzene rings is 2. The number of ketones is 1. The Morgan fingerprint density at radius 3 is 2.57 bits per heavy atom. The molecule has 0 bridgehead atoms. The van der Waals surface area contributed by atoms with Crippen LogP contribution in [0, 0.1) is 0 Å². The van der Waals surface area contributed by atoms with Crippen LogP contribution in [0.25, 0.3) is 0 Å². The molecule has 144 valence electrons. The molecule has 0 aromatic heterocycles. The highest BCUT2D eigenvalue weighted by Gasteiger charge is 2.38. The van der Waals surface area contributed by atoms with Crippen molar-refractivity contribution in [2.24, 2.45) is 0 Å². The maximum absolute atomic E-state index is 12.7. The van der Waals surface area contributed by atoms with Gasteiger partial charge in [-0.2, -0.15) is 0 Å². The minimum Gasteiger partial charge on any atom is -0.332 e. The van der Waals surface area contributed by atoms with E-state index >= 15 is 0 Å². The molecule has 1 unspecified atom stereocenters. The molecule has 2 heterocycles. The molecule has 4 rings (SSSR count). The molecule has 5 nitrogen and oxygen atoms in total. The van der Waals surface area contributed by atoms with Crippen LogP contribution in [-0.2, 0) is 16.0 Å². The van der Waals surface area contributed by atoms with Crippen LogP contribution >= 0.6 is 11.6 Å². The summed E-state index contributed by atoms with van der Waals surface area (Å²) >= 11 is 5.84. The van der Waals surface area contributed by atoms with Gasteiger partial charge in [0.05, 0.1) is 12.6 Å². The Labute approximate surface area is 168 Å². The molecule has 2 aromatic carbocycles. The number of Topliss-reactive ketones (excluding diaryl/α,β-unsaturated/α-hetero) is 1. The number of rotatable bonds is 4. The second kappa shape index (κ2) is 7.76. The van der Waals surface area contributed by atoms with Gasteiger partial charge in [0.1, 0.15) is 0 Å². The molecule has 0 N–H and O–H groups in total. The van der Waals surface area contributed by atoms with E-state index in [0.29, 0.717) is 23.7 Å². The fourth-order valence-electron chi connectivity index (χ4n) is 4.02. The van der Waals surface area contributed by atoms with Crippen molar-refractivity contribution in [2.75, 3.05) is 19.6 Å². The highest BCUT2D eigenvalue weighted by atomic mass is 35.5. The first-order valence-corrected chi connectivity index (χ1v) is 9.84. The molecule has 6 heteroatoms. The number of fused-ring (bicyclic) bond motifs is 3. The molecule has 28 heavy (non-hydrogen) atoms. The number of hydrogen-bond donors (Lipinski definition) is 0. The summed E-state index contributed by atoms with van der Waals surface area (Å²) in [5.41, 5.74) is 2.90. The second-order valence-electron chi connectivity index (χ2n) is 7.26. The van der Waals surface area contributed by atoms with Crippen molar-refractivity contribution in [3.63, 3.8) is 0 Å². The molecular weight excluding hydrogens is 376 g/mol. The first-order valence-electron chi connectivity index (χ1n) is 9.47. The van der Waals surface area contributed by atoms with Gasteiger partial charge in [0.15, 0.2) is 5.78 Å². The van der Waals surface area contributed by atoms with E-state index in [4.69, 9.17) is 11.6 Å². The summed E-state index contributed by atoms with van der Waals surface area (Å²) in [5, 5.41) is 0.566. The van der Waals surface area contributed by atoms with Gasteiger partial charge in [0.2, 0.25) is 11.8 Å². The molecule has 0 saturated carbocycles. The van der Waals surface area contributed by atoms with Crippen LogP contribution in [0.3, 0.4) is 0 Å². The van der Waals surface area contributed by atoms with E-state index in [1.807, 2.05) is 23.1 Å². The monoisotopic (exact) mass is 396 g/mol. The molecule has 2 aromatic rings. The van der Waals surface area contributed by atoms with Gasteiger partial charge in [-0.15, -0.1) is 0 Å². The quantitative estimate of drug-likeness (QED) is 0.745. The summed E-state index contributed by atoms with van der Waals surface area (Å²) in [7, 11) is 0. The molecule has 1 saturated heterocycles. The molecule has 2 amide bonds. The van der Waals surface area contributed by atoms with Crippen molar-refractivity contribution in [3.8, 4) is 0 Å². The highest BCUT2D eigenvalue weighted by molar-refractivity contribution is 6.30. The van der Waals surface area contributed by atoms with E-state index in [-0.39, 0.29) is 43.0 Å². The molecule has 0 spiro atoms. The van der Waals surface area contributed by atoms with Gasteiger partial charge >= 0.3 is 0 Å². The molecule has 1 atom stereocenters. The Morgan fingerprint density at radius 2 is 1.79 bits per heavy atom. The number of piperazine rings is 1. The lowest BCUT2D eigenvalue weighted by molar-refractivity contribution is -0.149. The first-order chi connectivity index (χ1) is 13.5. The van der Waals surface area contributed by atoms with Crippen LogP contribution in [0.2, 0.25) is 5.02 Å². The zero-order chi connectivity index (χ0) is 19.7. The maximum atomic E-state index is 12.7. The number of carbonyl (C=O) groups excluding carboxylic acids is 3. The SMILES string of the molecule is O=C(CCC(=O)N1CC(=O)N2CCc3ccccc3C2C1)c1ccc(Cl)cc1. The van der Waals surface area contributed by atoms with Crippen LogP contribution in [0.5, 0.6) is 0 Å². The molecular formula is C22H21ClN2O3. The lowest BCUT2D eigenvalue weighted by Crippen LogP contribution is -2.55. The van der Waals surface area contributed by atoms with Crippen LogP contribution in [-0.4, -0.2) is 47.0 Å². The predicted octanol–water partition coefficient (Wildman–Crippen LogP) is 3.27. The van der Waals surface area contributed by atoms with Crippen molar-refractivity contribution >= 4 is 29.2 Å². The average molecular weight is 397 g/mol. The Morgan fingerprint density at radius 1 is 1.04 bits per heavy atom. The van der Waals surface area contributed by atoms with Crippen molar-refractivity contribution in [3.05, 3.63) is 70.2 Å². The Kier molecular flexibility index (Phi) is 5.18. The van der Waals surface area contributed by atoms with E-state index in [2.05, 4.69) is 6.07 Å². The lowest BCUT2D eigenvalue weighted by atomic mass is 9.90. The summed E-state index contributed by atoms with van der Waals surface area (Å²) in [6, 6.07) is 14.7. The lowest BCUT2D eigenvalue weighted by Gasteiger charge is -2.44. The topological polar surface area (TPSA) is 57.7 Å². The number of carbonyl (C=O) groups is 3. The third kappa shape index (κ3) is 3.67. The minimum atomic E-state index is -0.154. The second-order valence-corrected chi connectivity index (χ2v) is 7.69. The van der Waals surface area contributed by atoms with E-state index in [1.165, 1.54) is 5.56 Å². The number of halogens is 1. The molecule has 1 fully saturated rings.